The predicted octanol–water partition coefficient (Wildman–Crippen LogP) is 3.77. The molecule has 5 unspecified atom stereocenters. The Bertz CT molecular complexity index is 470. The molecule has 2 aliphatic carbocycles. The van der Waals surface area contributed by atoms with Crippen LogP contribution in [0.2, 0.25) is 0 Å². The maximum absolute atomic E-state index is 11.2. The fourth-order valence-corrected chi connectivity index (χ4v) is 5.03. The maximum Gasteiger partial charge on any atom is 0.506 e. The molecular weight excluding hydrogens is 284 g/mol. The highest BCUT2D eigenvalue weighted by Gasteiger charge is 2.92. The zero-order chi connectivity index (χ0) is 15.5. The van der Waals surface area contributed by atoms with Crippen molar-refractivity contribution in [3.63, 3.8) is 0 Å². The van der Waals surface area contributed by atoms with Crippen molar-refractivity contribution in [2.75, 3.05) is 0 Å². The highest BCUT2D eigenvalue weighted by atomic mass is 17.0. The molecule has 5 nitrogen and oxygen atoms in total. The standard InChI is InChI=1S/C17H26O5/c1-10-5-3-4-6-12(10)7-14(20-15(18)19)13-9-17-16(21-17,22-17)8-11(13)2/h10-14H,3-9H2,1-2H3,(H,18,19). The van der Waals surface area contributed by atoms with Crippen molar-refractivity contribution in [3.8, 4) is 0 Å². The average molecular weight is 310 g/mol. The molecule has 0 spiro atoms. The van der Waals surface area contributed by atoms with Crippen LogP contribution in [0.25, 0.3) is 0 Å². The van der Waals surface area contributed by atoms with Crippen molar-refractivity contribution < 1.29 is 24.1 Å². The molecule has 2 saturated carbocycles. The number of carboxylic acid groups (broad SMARTS) is 1. The van der Waals surface area contributed by atoms with E-state index in [0.717, 1.165) is 19.3 Å². The second-order valence-corrected chi connectivity index (χ2v) is 7.94. The summed E-state index contributed by atoms with van der Waals surface area (Å²) in [4.78, 5) is 11.2. The van der Waals surface area contributed by atoms with Gasteiger partial charge in [0.2, 0.25) is 11.6 Å². The molecule has 0 amide bonds. The smallest absolute Gasteiger partial charge is 0.450 e. The van der Waals surface area contributed by atoms with Gasteiger partial charge < -0.3 is 19.3 Å². The Balaban J connectivity index is 1.46. The van der Waals surface area contributed by atoms with E-state index in [9.17, 15) is 4.79 Å². The number of epoxide rings is 2. The molecule has 124 valence electrons. The van der Waals surface area contributed by atoms with Crippen LogP contribution in [0.3, 0.4) is 0 Å². The number of carbonyl (C=O) groups is 1. The van der Waals surface area contributed by atoms with E-state index in [4.69, 9.17) is 19.3 Å². The Morgan fingerprint density at radius 2 is 1.86 bits per heavy atom. The number of hydrogen-bond acceptors (Lipinski definition) is 4. The first-order valence-corrected chi connectivity index (χ1v) is 8.75. The average Bonchev–Trinajstić information content (AvgIpc) is 3.25. The molecule has 0 aromatic rings. The Kier molecular flexibility index (Phi) is 3.25. The van der Waals surface area contributed by atoms with E-state index in [2.05, 4.69) is 13.8 Å². The summed E-state index contributed by atoms with van der Waals surface area (Å²) >= 11 is 0. The van der Waals surface area contributed by atoms with Gasteiger partial charge in [-0.05, 0) is 24.2 Å². The summed E-state index contributed by atoms with van der Waals surface area (Å²) in [7, 11) is 0. The van der Waals surface area contributed by atoms with Gasteiger partial charge in [-0.1, -0.05) is 39.5 Å². The lowest BCUT2D eigenvalue weighted by molar-refractivity contribution is -0.0969. The monoisotopic (exact) mass is 310 g/mol. The van der Waals surface area contributed by atoms with Crippen LogP contribution in [-0.4, -0.2) is 28.9 Å². The molecular formula is C17H26O5. The first-order chi connectivity index (χ1) is 10.4. The minimum atomic E-state index is -1.15. The van der Waals surface area contributed by atoms with Crippen LogP contribution in [0.1, 0.15) is 58.8 Å². The molecule has 4 aliphatic rings. The predicted molar refractivity (Wildman–Crippen MR) is 78.2 cm³/mol. The molecule has 2 aliphatic heterocycles. The molecule has 0 bridgehead atoms. The molecule has 5 atom stereocenters. The van der Waals surface area contributed by atoms with Gasteiger partial charge in [0.25, 0.3) is 0 Å². The van der Waals surface area contributed by atoms with E-state index in [-0.39, 0.29) is 23.6 Å². The van der Waals surface area contributed by atoms with E-state index >= 15 is 0 Å². The summed E-state index contributed by atoms with van der Waals surface area (Å²) in [6, 6.07) is 0. The zero-order valence-electron chi connectivity index (χ0n) is 13.4. The molecule has 22 heavy (non-hydrogen) atoms. The fraction of sp³-hybridized carbons (Fsp3) is 0.941. The molecule has 1 N–H and O–H groups in total. The van der Waals surface area contributed by atoms with Crippen molar-refractivity contribution in [2.24, 2.45) is 23.7 Å². The topological polar surface area (TPSA) is 71.6 Å². The Morgan fingerprint density at radius 1 is 1.18 bits per heavy atom. The highest BCUT2D eigenvalue weighted by Crippen LogP contribution is 2.76. The van der Waals surface area contributed by atoms with Crippen LogP contribution in [0.15, 0.2) is 0 Å². The Morgan fingerprint density at radius 3 is 2.55 bits per heavy atom. The lowest BCUT2D eigenvalue weighted by atomic mass is 9.71. The number of hydrogen-bond donors (Lipinski definition) is 1. The van der Waals surface area contributed by atoms with Crippen molar-refractivity contribution in [3.05, 3.63) is 0 Å². The van der Waals surface area contributed by atoms with Crippen molar-refractivity contribution in [2.45, 2.75) is 76.5 Å². The van der Waals surface area contributed by atoms with Crippen molar-refractivity contribution in [1.82, 2.24) is 0 Å². The molecule has 0 radical (unpaired) electrons. The van der Waals surface area contributed by atoms with E-state index in [1.807, 2.05) is 0 Å². The van der Waals surface area contributed by atoms with E-state index in [1.54, 1.807) is 0 Å². The van der Waals surface area contributed by atoms with E-state index < -0.39 is 6.16 Å². The lowest BCUT2D eigenvalue weighted by Crippen LogP contribution is -2.38. The van der Waals surface area contributed by atoms with Crippen LogP contribution < -0.4 is 0 Å². The zero-order valence-corrected chi connectivity index (χ0v) is 13.4. The Labute approximate surface area is 131 Å². The SMILES string of the molecule is CC1CCCCC1CC(OC(=O)O)C1CC23OC2(CC1C)O3. The van der Waals surface area contributed by atoms with Gasteiger partial charge in [-0.15, -0.1) is 0 Å². The van der Waals surface area contributed by atoms with Crippen molar-refractivity contribution in [1.29, 1.82) is 0 Å². The summed E-state index contributed by atoms with van der Waals surface area (Å²) in [5.74, 6) is 1.16. The van der Waals surface area contributed by atoms with Gasteiger partial charge in [0.05, 0.1) is 0 Å². The summed E-state index contributed by atoms with van der Waals surface area (Å²) in [5, 5.41) is 9.16. The third-order valence-electron chi connectivity index (χ3n) is 6.54. The molecule has 2 saturated heterocycles. The third kappa shape index (κ3) is 2.24. The molecule has 4 rings (SSSR count). The lowest BCUT2D eigenvalue weighted by Gasteiger charge is -2.36. The van der Waals surface area contributed by atoms with E-state index in [1.165, 1.54) is 25.7 Å². The molecule has 0 aromatic carbocycles. The molecule has 0 aromatic heterocycles. The minimum absolute atomic E-state index is 0.211. The van der Waals surface area contributed by atoms with Gasteiger partial charge in [-0.25, -0.2) is 4.79 Å². The van der Waals surface area contributed by atoms with Gasteiger partial charge in [0, 0.05) is 18.8 Å². The van der Waals surface area contributed by atoms with Crippen LogP contribution in [0.4, 0.5) is 4.79 Å². The second-order valence-electron chi connectivity index (χ2n) is 7.94. The molecule has 2 heterocycles. The van der Waals surface area contributed by atoms with Gasteiger partial charge in [0.1, 0.15) is 6.10 Å². The summed E-state index contributed by atoms with van der Waals surface area (Å²) in [5.41, 5.74) is 0. The normalized spacial score (nSPS) is 50.5. The molecule has 5 heteroatoms. The summed E-state index contributed by atoms with van der Waals surface area (Å²) in [6.45, 7) is 4.47. The number of ether oxygens (including phenoxy) is 3. The molecule has 4 fully saturated rings. The highest BCUT2D eigenvalue weighted by molar-refractivity contribution is 5.57. The van der Waals surface area contributed by atoms with Gasteiger partial charge >= 0.3 is 6.16 Å². The van der Waals surface area contributed by atoms with E-state index in [0.29, 0.717) is 17.8 Å². The Hall–Kier alpha value is -0.810. The quantitative estimate of drug-likeness (QED) is 0.632. The first kappa shape index (κ1) is 14.8. The second kappa shape index (κ2) is 4.84. The van der Waals surface area contributed by atoms with Crippen LogP contribution in [-0.2, 0) is 14.2 Å². The van der Waals surface area contributed by atoms with Gasteiger partial charge in [-0.3, -0.25) is 0 Å². The first-order valence-electron chi connectivity index (χ1n) is 8.75. The third-order valence-corrected chi connectivity index (χ3v) is 6.54. The van der Waals surface area contributed by atoms with Crippen LogP contribution in [0.5, 0.6) is 0 Å². The minimum Gasteiger partial charge on any atom is -0.450 e. The largest absolute Gasteiger partial charge is 0.506 e. The van der Waals surface area contributed by atoms with Crippen LogP contribution >= 0.6 is 0 Å². The van der Waals surface area contributed by atoms with Crippen LogP contribution in [0, 0.1) is 23.7 Å². The van der Waals surface area contributed by atoms with Crippen molar-refractivity contribution >= 4 is 6.16 Å². The van der Waals surface area contributed by atoms with Gasteiger partial charge in [-0.2, -0.15) is 0 Å². The van der Waals surface area contributed by atoms with Gasteiger partial charge in [0.15, 0.2) is 0 Å². The summed E-state index contributed by atoms with van der Waals surface area (Å²) < 4.78 is 16.7. The summed E-state index contributed by atoms with van der Waals surface area (Å²) in [6.07, 6.45) is 6.15. The fourth-order valence-electron chi connectivity index (χ4n) is 5.03. The number of rotatable bonds is 4. The maximum atomic E-state index is 11.2.